The van der Waals surface area contributed by atoms with Crippen LogP contribution in [-0.2, 0) is 9.53 Å². The fourth-order valence-corrected chi connectivity index (χ4v) is 1.35. The number of halogens is 1. The second kappa shape index (κ2) is 5.39. The van der Waals surface area contributed by atoms with Gasteiger partial charge in [0.15, 0.2) is 0 Å². The number of benzene rings is 1. The minimum absolute atomic E-state index is 0.00467. The van der Waals surface area contributed by atoms with Crippen molar-refractivity contribution in [3.05, 3.63) is 34.6 Å². The highest BCUT2D eigenvalue weighted by molar-refractivity contribution is 6.40. The summed E-state index contributed by atoms with van der Waals surface area (Å²) in [5.74, 6) is -4.44. The lowest BCUT2D eigenvalue weighted by Crippen LogP contribution is -2.18. The largest absolute Gasteiger partial charge is 0.478 e. The van der Waals surface area contributed by atoms with Crippen molar-refractivity contribution in [3.8, 4) is 0 Å². The Morgan fingerprint density at radius 1 is 1.33 bits per heavy atom. The normalized spacial score (nSPS) is 9.94. The zero-order valence-corrected chi connectivity index (χ0v) is 9.82. The number of carbonyl (C=O) groups is 3. The molecule has 0 aromatic heterocycles. The van der Waals surface area contributed by atoms with Gasteiger partial charge in [-0.05, 0) is 31.5 Å². The summed E-state index contributed by atoms with van der Waals surface area (Å²) in [6.45, 7) is 2.80. The molecule has 0 aliphatic carbocycles. The minimum Gasteiger partial charge on any atom is -0.478 e. The molecule has 96 valence electrons. The summed E-state index contributed by atoms with van der Waals surface area (Å²) in [6.07, 6.45) is 0. The molecule has 5 nitrogen and oxygen atoms in total. The standard InChI is InChI=1S/C12H11FO5/c1-3-18-12(17)10(14)7-4-8(11(15)16)6(2)9(13)5-7/h4-5H,3H2,1-2H3,(H,15,16). The molecule has 1 aromatic carbocycles. The first-order valence-electron chi connectivity index (χ1n) is 5.13. The lowest BCUT2D eigenvalue weighted by atomic mass is 10.0. The average molecular weight is 254 g/mol. The maximum Gasteiger partial charge on any atom is 0.379 e. The summed E-state index contributed by atoms with van der Waals surface area (Å²) in [5, 5.41) is 8.84. The van der Waals surface area contributed by atoms with Crippen LogP contribution in [0, 0.1) is 12.7 Å². The van der Waals surface area contributed by atoms with E-state index in [0.29, 0.717) is 0 Å². The van der Waals surface area contributed by atoms with Gasteiger partial charge in [0.25, 0.3) is 5.78 Å². The molecule has 0 aliphatic heterocycles. The van der Waals surface area contributed by atoms with Crippen molar-refractivity contribution >= 4 is 17.7 Å². The second-order valence-electron chi connectivity index (χ2n) is 3.49. The Morgan fingerprint density at radius 3 is 2.44 bits per heavy atom. The molecule has 1 N–H and O–H groups in total. The molecule has 6 heteroatoms. The molecular formula is C12H11FO5. The van der Waals surface area contributed by atoms with Crippen molar-refractivity contribution in [3.63, 3.8) is 0 Å². The number of carbonyl (C=O) groups excluding carboxylic acids is 2. The van der Waals surface area contributed by atoms with Crippen LogP contribution in [0.5, 0.6) is 0 Å². The quantitative estimate of drug-likeness (QED) is 0.501. The molecule has 0 unspecified atom stereocenters. The van der Waals surface area contributed by atoms with Gasteiger partial charge in [-0.1, -0.05) is 0 Å². The molecule has 0 heterocycles. The second-order valence-corrected chi connectivity index (χ2v) is 3.49. The monoisotopic (exact) mass is 254 g/mol. The first kappa shape index (κ1) is 13.8. The first-order valence-corrected chi connectivity index (χ1v) is 5.13. The first-order chi connectivity index (χ1) is 8.38. The van der Waals surface area contributed by atoms with Crippen LogP contribution < -0.4 is 0 Å². The van der Waals surface area contributed by atoms with E-state index in [0.717, 1.165) is 12.1 Å². The lowest BCUT2D eigenvalue weighted by Gasteiger charge is -2.06. The fraction of sp³-hybridized carbons (Fsp3) is 0.250. The molecule has 0 fully saturated rings. The predicted octanol–water partition coefficient (Wildman–Crippen LogP) is 1.58. The zero-order chi connectivity index (χ0) is 13.9. The number of hydrogen-bond donors (Lipinski definition) is 1. The van der Waals surface area contributed by atoms with Crippen LogP contribution in [0.1, 0.15) is 33.2 Å². The molecule has 0 aliphatic rings. The molecule has 0 atom stereocenters. The third kappa shape index (κ3) is 2.71. The van der Waals surface area contributed by atoms with E-state index in [-0.39, 0.29) is 23.3 Å². The van der Waals surface area contributed by atoms with Crippen molar-refractivity contribution in [2.24, 2.45) is 0 Å². The molecule has 0 saturated carbocycles. The Kier molecular flexibility index (Phi) is 4.14. The van der Waals surface area contributed by atoms with Crippen LogP contribution in [0.4, 0.5) is 4.39 Å². The number of ketones is 1. The number of carboxylic acid groups (broad SMARTS) is 1. The minimum atomic E-state index is -1.37. The Morgan fingerprint density at radius 2 is 1.94 bits per heavy atom. The number of carboxylic acids is 1. The highest BCUT2D eigenvalue weighted by Crippen LogP contribution is 2.16. The lowest BCUT2D eigenvalue weighted by molar-refractivity contribution is -0.137. The molecule has 0 saturated heterocycles. The molecule has 0 bridgehead atoms. The molecular weight excluding hydrogens is 243 g/mol. The number of ether oxygens (including phenoxy) is 1. The smallest absolute Gasteiger partial charge is 0.379 e. The summed E-state index contributed by atoms with van der Waals surface area (Å²) in [4.78, 5) is 33.6. The summed E-state index contributed by atoms with van der Waals surface area (Å²) in [6, 6.07) is 1.78. The van der Waals surface area contributed by atoms with E-state index >= 15 is 0 Å². The van der Waals surface area contributed by atoms with E-state index in [1.165, 1.54) is 13.8 Å². The fourth-order valence-electron chi connectivity index (χ4n) is 1.35. The van der Waals surface area contributed by atoms with Crippen LogP contribution in [0.3, 0.4) is 0 Å². The van der Waals surface area contributed by atoms with Crippen LogP contribution in [0.15, 0.2) is 12.1 Å². The van der Waals surface area contributed by atoms with Gasteiger partial charge in [-0.2, -0.15) is 0 Å². The van der Waals surface area contributed by atoms with Gasteiger partial charge in [-0.25, -0.2) is 14.0 Å². The zero-order valence-electron chi connectivity index (χ0n) is 9.82. The number of hydrogen-bond acceptors (Lipinski definition) is 4. The Balaban J connectivity index is 3.23. The Labute approximate surface area is 102 Å². The maximum absolute atomic E-state index is 13.4. The van der Waals surface area contributed by atoms with Gasteiger partial charge in [0.2, 0.25) is 0 Å². The average Bonchev–Trinajstić information content (AvgIpc) is 2.31. The van der Waals surface area contributed by atoms with Crippen LogP contribution in [0.25, 0.3) is 0 Å². The maximum atomic E-state index is 13.4. The third-order valence-electron chi connectivity index (χ3n) is 2.30. The van der Waals surface area contributed by atoms with Crippen molar-refractivity contribution in [2.45, 2.75) is 13.8 Å². The van der Waals surface area contributed by atoms with E-state index < -0.39 is 23.5 Å². The van der Waals surface area contributed by atoms with E-state index in [9.17, 15) is 18.8 Å². The van der Waals surface area contributed by atoms with E-state index in [4.69, 9.17) is 5.11 Å². The summed E-state index contributed by atoms with van der Waals surface area (Å²) in [7, 11) is 0. The third-order valence-corrected chi connectivity index (χ3v) is 2.30. The van der Waals surface area contributed by atoms with Gasteiger partial charge in [0.05, 0.1) is 12.2 Å². The van der Waals surface area contributed by atoms with Crippen molar-refractivity contribution in [1.29, 1.82) is 0 Å². The molecule has 0 spiro atoms. The summed E-state index contributed by atoms with van der Waals surface area (Å²) in [5.41, 5.74) is -0.792. The topological polar surface area (TPSA) is 80.7 Å². The number of rotatable bonds is 4. The molecule has 1 aromatic rings. The van der Waals surface area contributed by atoms with Crippen molar-refractivity contribution in [1.82, 2.24) is 0 Å². The Bertz CT molecular complexity index is 521. The SMILES string of the molecule is CCOC(=O)C(=O)c1cc(F)c(C)c(C(=O)O)c1. The van der Waals surface area contributed by atoms with E-state index in [2.05, 4.69) is 4.74 Å². The van der Waals surface area contributed by atoms with Gasteiger partial charge in [0.1, 0.15) is 5.82 Å². The van der Waals surface area contributed by atoms with E-state index in [1.54, 1.807) is 0 Å². The van der Waals surface area contributed by atoms with Gasteiger partial charge >= 0.3 is 11.9 Å². The molecule has 0 radical (unpaired) electrons. The van der Waals surface area contributed by atoms with Crippen molar-refractivity contribution in [2.75, 3.05) is 6.61 Å². The number of Topliss-reactive ketones (excluding diaryl/α,β-unsaturated/α-hetero) is 1. The summed E-state index contributed by atoms with van der Waals surface area (Å²) < 4.78 is 17.9. The summed E-state index contributed by atoms with van der Waals surface area (Å²) >= 11 is 0. The van der Waals surface area contributed by atoms with Gasteiger partial charge in [-0.3, -0.25) is 4.79 Å². The van der Waals surface area contributed by atoms with Crippen LogP contribution in [-0.4, -0.2) is 29.4 Å². The van der Waals surface area contributed by atoms with Crippen LogP contribution in [0.2, 0.25) is 0 Å². The van der Waals surface area contributed by atoms with Gasteiger partial charge in [-0.15, -0.1) is 0 Å². The van der Waals surface area contributed by atoms with Gasteiger partial charge in [0, 0.05) is 5.56 Å². The Hall–Kier alpha value is -2.24. The molecule has 0 amide bonds. The molecule has 18 heavy (non-hydrogen) atoms. The van der Waals surface area contributed by atoms with Gasteiger partial charge < -0.3 is 9.84 Å². The molecule has 1 rings (SSSR count). The van der Waals surface area contributed by atoms with Crippen LogP contribution >= 0.6 is 0 Å². The predicted molar refractivity (Wildman–Crippen MR) is 59.1 cm³/mol. The number of esters is 1. The highest BCUT2D eigenvalue weighted by atomic mass is 19.1. The van der Waals surface area contributed by atoms with Crippen molar-refractivity contribution < 1.29 is 28.6 Å². The highest BCUT2D eigenvalue weighted by Gasteiger charge is 2.22. The van der Waals surface area contributed by atoms with E-state index in [1.807, 2.05) is 0 Å². The number of aromatic carboxylic acids is 1.